The Balaban J connectivity index is 1.40. The summed E-state index contributed by atoms with van der Waals surface area (Å²) in [5.41, 5.74) is 0.820. The average Bonchev–Trinajstić information content (AvgIpc) is 3.43. The van der Waals surface area contributed by atoms with Gasteiger partial charge in [-0.25, -0.2) is 4.79 Å². The molecule has 0 N–H and O–H groups in total. The maximum Gasteiger partial charge on any atom is 0.341 e. The van der Waals surface area contributed by atoms with Gasteiger partial charge in [0.2, 0.25) is 5.60 Å². The number of hydrogen-bond donors (Lipinski definition) is 0. The molecule has 0 unspecified atom stereocenters. The first-order valence-corrected chi connectivity index (χ1v) is 14.4. The van der Waals surface area contributed by atoms with Crippen LogP contribution in [0.15, 0.2) is 60.7 Å². The molecule has 2 saturated heterocycles. The van der Waals surface area contributed by atoms with Gasteiger partial charge in [0.25, 0.3) is 0 Å². The molecule has 0 aliphatic carbocycles. The molecule has 6 nitrogen and oxygen atoms in total. The summed E-state index contributed by atoms with van der Waals surface area (Å²) in [6.45, 7) is 2.95. The van der Waals surface area contributed by atoms with Crippen molar-refractivity contribution in [1.29, 1.82) is 0 Å². The Bertz CT molecular complexity index is 951. The van der Waals surface area contributed by atoms with Crippen molar-refractivity contribution in [3.8, 4) is 0 Å². The summed E-state index contributed by atoms with van der Waals surface area (Å²) in [7, 11) is 1.58. The first-order chi connectivity index (χ1) is 18.7. The van der Waals surface area contributed by atoms with E-state index in [-0.39, 0.29) is 12.1 Å². The Morgan fingerprint density at radius 1 is 0.816 bits per heavy atom. The van der Waals surface area contributed by atoms with E-state index in [4.69, 9.17) is 23.7 Å². The van der Waals surface area contributed by atoms with Crippen LogP contribution in [0.2, 0.25) is 0 Å². The summed E-state index contributed by atoms with van der Waals surface area (Å²) in [4.78, 5) is 13.4. The summed E-state index contributed by atoms with van der Waals surface area (Å²) in [6.07, 6.45) is 9.11. The number of ether oxygens (including phenoxy) is 5. The lowest BCUT2D eigenvalue weighted by Gasteiger charge is -2.28. The Labute approximate surface area is 228 Å². The number of esters is 1. The van der Waals surface area contributed by atoms with Gasteiger partial charge >= 0.3 is 5.97 Å². The molecule has 2 fully saturated rings. The second kappa shape index (κ2) is 14.8. The van der Waals surface area contributed by atoms with Crippen molar-refractivity contribution < 1.29 is 28.5 Å². The molecule has 4 rings (SSSR count). The third-order valence-electron chi connectivity index (χ3n) is 7.67. The molecule has 1 spiro atoms. The van der Waals surface area contributed by atoms with E-state index in [2.05, 4.69) is 6.92 Å². The number of methoxy groups -OCH3 is 1. The first-order valence-electron chi connectivity index (χ1n) is 14.4. The van der Waals surface area contributed by atoms with E-state index < -0.39 is 24.1 Å². The molecule has 0 saturated carbocycles. The SMILES string of the molecule is CCCCCCCCCC[C@H]1C[C@]2(O[C@H](OC)[C@@H](OCc3ccccc3)[C@@H]2OCc2ccccc2)C(=O)O1. The lowest BCUT2D eigenvalue weighted by molar-refractivity contribution is -0.193. The van der Waals surface area contributed by atoms with E-state index in [9.17, 15) is 4.79 Å². The third-order valence-corrected chi connectivity index (χ3v) is 7.67. The summed E-state index contributed by atoms with van der Waals surface area (Å²) >= 11 is 0. The van der Waals surface area contributed by atoms with Crippen LogP contribution in [0.5, 0.6) is 0 Å². The van der Waals surface area contributed by atoms with E-state index in [1.54, 1.807) is 7.11 Å². The minimum absolute atomic E-state index is 0.184. The summed E-state index contributed by atoms with van der Waals surface area (Å²) in [5, 5.41) is 0. The van der Waals surface area contributed by atoms with Gasteiger partial charge in [0.15, 0.2) is 6.29 Å². The van der Waals surface area contributed by atoms with Gasteiger partial charge in [-0.15, -0.1) is 0 Å². The molecular weight excluding hydrogens is 480 g/mol. The van der Waals surface area contributed by atoms with Crippen molar-refractivity contribution in [2.45, 2.75) is 115 Å². The van der Waals surface area contributed by atoms with Gasteiger partial charge in [0, 0.05) is 13.5 Å². The maximum atomic E-state index is 13.4. The smallest absolute Gasteiger partial charge is 0.341 e. The minimum Gasteiger partial charge on any atom is -0.460 e. The Hall–Kier alpha value is -2.25. The van der Waals surface area contributed by atoms with Crippen LogP contribution >= 0.6 is 0 Å². The topological polar surface area (TPSA) is 63.2 Å². The number of carbonyl (C=O) groups excluding carboxylic acids is 1. The van der Waals surface area contributed by atoms with Gasteiger partial charge in [0.05, 0.1) is 13.2 Å². The van der Waals surface area contributed by atoms with E-state index in [1.807, 2.05) is 60.7 Å². The Morgan fingerprint density at radius 2 is 1.39 bits per heavy atom. The van der Waals surface area contributed by atoms with Gasteiger partial charge in [0.1, 0.15) is 18.3 Å². The molecular formula is C32H44O6. The highest BCUT2D eigenvalue weighted by molar-refractivity contribution is 5.83. The first kappa shape index (κ1) is 28.8. The number of benzene rings is 2. The summed E-state index contributed by atoms with van der Waals surface area (Å²) in [6, 6.07) is 19.9. The van der Waals surface area contributed by atoms with Gasteiger partial charge in [-0.1, -0.05) is 113 Å². The minimum atomic E-state index is -1.23. The molecule has 0 amide bonds. The zero-order valence-electron chi connectivity index (χ0n) is 23.0. The Morgan fingerprint density at radius 3 is 2.00 bits per heavy atom. The molecule has 2 aliphatic heterocycles. The molecule has 0 bridgehead atoms. The lowest BCUT2D eigenvalue weighted by atomic mass is 9.90. The monoisotopic (exact) mass is 524 g/mol. The molecule has 2 aliphatic rings. The number of rotatable bonds is 16. The van der Waals surface area contributed by atoms with Gasteiger partial charge < -0.3 is 23.7 Å². The second-order valence-corrected chi connectivity index (χ2v) is 10.6. The van der Waals surface area contributed by atoms with Crippen molar-refractivity contribution in [2.75, 3.05) is 7.11 Å². The van der Waals surface area contributed by atoms with Crippen LogP contribution in [-0.4, -0.2) is 43.3 Å². The number of carbonyl (C=O) groups is 1. The molecule has 0 radical (unpaired) electrons. The van der Waals surface area contributed by atoms with Gasteiger partial charge in [-0.3, -0.25) is 0 Å². The van der Waals surface area contributed by atoms with Crippen LogP contribution in [0.25, 0.3) is 0 Å². The van der Waals surface area contributed by atoms with E-state index >= 15 is 0 Å². The van der Waals surface area contributed by atoms with Crippen LogP contribution in [0.3, 0.4) is 0 Å². The van der Waals surface area contributed by atoms with Crippen molar-refractivity contribution in [2.24, 2.45) is 0 Å². The Kier molecular flexibility index (Phi) is 11.2. The fourth-order valence-electron chi connectivity index (χ4n) is 5.56. The van der Waals surface area contributed by atoms with Crippen LogP contribution in [-0.2, 0) is 41.7 Å². The van der Waals surface area contributed by atoms with Crippen molar-refractivity contribution in [3.05, 3.63) is 71.8 Å². The standard InChI is InChI=1S/C32H44O6/c1-3-4-5-6-7-8-9-16-21-27-22-32(31(33)37-27)29(36-24-26-19-14-11-15-20-26)28(30(34-2)38-32)35-23-25-17-12-10-13-18-25/h10-15,17-20,27-30H,3-9,16,21-24H2,1-2H3/t27-,28-,29-,30-,32+/m0/s1. The van der Waals surface area contributed by atoms with E-state index in [0.29, 0.717) is 19.6 Å². The van der Waals surface area contributed by atoms with Crippen molar-refractivity contribution in [3.63, 3.8) is 0 Å². The fourth-order valence-corrected chi connectivity index (χ4v) is 5.56. The molecule has 2 heterocycles. The molecule has 6 heteroatoms. The third kappa shape index (κ3) is 7.44. The van der Waals surface area contributed by atoms with Crippen molar-refractivity contribution >= 4 is 5.97 Å². The molecule has 208 valence electrons. The predicted molar refractivity (Wildman–Crippen MR) is 146 cm³/mol. The fraction of sp³-hybridized carbons (Fsp3) is 0.594. The predicted octanol–water partition coefficient (Wildman–Crippen LogP) is 6.75. The summed E-state index contributed by atoms with van der Waals surface area (Å²) in [5.74, 6) is -0.368. The van der Waals surface area contributed by atoms with Gasteiger partial charge in [-0.2, -0.15) is 0 Å². The second-order valence-electron chi connectivity index (χ2n) is 10.6. The normalized spacial score (nSPS) is 26.7. The van der Waals surface area contributed by atoms with Crippen LogP contribution in [0, 0.1) is 0 Å². The van der Waals surface area contributed by atoms with E-state index in [0.717, 1.165) is 30.4 Å². The average molecular weight is 525 g/mol. The zero-order valence-corrected chi connectivity index (χ0v) is 23.0. The molecule has 5 atom stereocenters. The number of hydrogen-bond acceptors (Lipinski definition) is 6. The summed E-state index contributed by atoms with van der Waals surface area (Å²) < 4.78 is 30.7. The largest absolute Gasteiger partial charge is 0.460 e. The number of cyclic esters (lactones) is 1. The highest BCUT2D eigenvalue weighted by Crippen LogP contribution is 2.45. The lowest BCUT2D eigenvalue weighted by Crippen LogP contribution is -2.49. The van der Waals surface area contributed by atoms with E-state index in [1.165, 1.54) is 38.5 Å². The van der Waals surface area contributed by atoms with Crippen LogP contribution in [0.1, 0.15) is 82.3 Å². The molecule has 0 aromatic heterocycles. The molecule has 2 aromatic carbocycles. The maximum absolute atomic E-state index is 13.4. The van der Waals surface area contributed by atoms with Crippen LogP contribution in [0.4, 0.5) is 0 Å². The highest BCUT2D eigenvalue weighted by Gasteiger charge is 2.66. The zero-order chi connectivity index (χ0) is 26.6. The van der Waals surface area contributed by atoms with Crippen LogP contribution < -0.4 is 0 Å². The number of unbranched alkanes of at least 4 members (excludes halogenated alkanes) is 7. The van der Waals surface area contributed by atoms with Gasteiger partial charge in [-0.05, 0) is 24.0 Å². The molecule has 2 aromatic rings. The highest BCUT2D eigenvalue weighted by atomic mass is 16.7. The quantitative estimate of drug-likeness (QED) is 0.179. The van der Waals surface area contributed by atoms with Crippen molar-refractivity contribution in [1.82, 2.24) is 0 Å². The molecule has 38 heavy (non-hydrogen) atoms.